The molecule has 2 saturated heterocycles. The minimum Gasteiger partial charge on any atom is -0.464 e. The van der Waals surface area contributed by atoms with Crippen LogP contribution in [0, 0.1) is 0 Å². The van der Waals surface area contributed by atoms with Crippen molar-refractivity contribution >= 4 is 105 Å². The minimum absolute atomic E-state index is 0. The molecular weight excluding hydrogens is 663 g/mol. The maximum Gasteiger partial charge on any atom is 0.305 e. The normalized spacial score (nSPS) is 16.8. The Balaban J connectivity index is 0.00000840. The zero-order valence-corrected chi connectivity index (χ0v) is 29.5. The summed E-state index contributed by atoms with van der Waals surface area (Å²) in [7, 11) is 7.68. The van der Waals surface area contributed by atoms with Gasteiger partial charge in [0, 0.05) is 39.0 Å². The van der Waals surface area contributed by atoms with E-state index in [0.717, 1.165) is 36.4 Å². The first-order valence-electron chi connectivity index (χ1n) is 13.4. The maximum absolute atomic E-state index is 13.1. The van der Waals surface area contributed by atoms with Gasteiger partial charge in [-0.3, -0.25) is 29.0 Å². The second kappa shape index (κ2) is 21.7. The van der Waals surface area contributed by atoms with Crippen LogP contribution in [0.5, 0.6) is 0 Å². The zero-order valence-electron chi connectivity index (χ0n) is 24.6. The van der Waals surface area contributed by atoms with Gasteiger partial charge in [-0.1, -0.05) is 60.8 Å². The average molecular weight is 706 g/mol. The molecule has 0 atom stereocenters. The van der Waals surface area contributed by atoms with Gasteiger partial charge in [0.2, 0.25) is 0 Å². The first-order valence-corrected chi connectivity index (χ1v) is 15.9. The van der Waals surface area contributed by atoms with Crippen LogP contribution in [0.15, 0.2) is 9.81 Å². The molecule has 0 bridgehead atoms. The number of hydrogen-bond donors (Lipinski definition) is 0. The quantitative estimate of drug-likeness (QED) is 0.0890. The molecule has 16 heteroatoms. The van der Waals surface area contributed by atoms with Crippen molar-refractivity contribution in [3.05, 3.63) is 9.81 Å². The summed E-state index contributed by atoms with van der Waals surface area (Å²) in [6.45, 7) is 3.00. The van der Waals surface area contributed by atoms with E-state index in [0.29, 0.717) is 96.4 Å². The number of carbonyl (C=O) groups is 4. The van der Waals surface area contributed by atoms with Crippen LogP contribution in [0.2, 0.25) is 0 Å². The molecule has 42 heavy (non-hydrogen) atoms. The third-order valence-electron chi connectivity index (χ3n) is 6.03. The Bertz CT molecular complexity index is 924. The fraction of sp³-hybridized carbons (Fsp3) is 0.692. The fourth-order valence-corrected chi connectivity index (χ4v) is 6.49. The molecule has 0 aromatic rings. The molecule has 2 aliphatic rings. The lowest BCUT2D eigenvalue weighted by Gasteiger charge is -2.14. The Morgan fingerprint density at radius 1 is 0.667 bits per heavy atom. The third-order valence-corrected chi connectivity index (χ3v) is 9.06. The van der Waals surface area contributed by atoms with E-state index in [9.17, 15) is 19.2 Å². The van der Waals surface area contributed by atoms with Crippen molar-refractivity contribution in [1.82, 2.24) is 19.6 Å². The first-order chi connectivity index (χ1) is 19.0. The van der Waals surface area contributed by atoms with Gasteiger partial charge in [-0.15, -0.1) is 24.8 Å². The van der Waals surface area contributed by atoms with Gasteiger partial charge in [-0.25, -0.2) is 0 Å². The zero-order chi connectivity index (χ0) is 29.7. The summed E-state index contributed by atoms with van der Waals surface area (Å²) >= 11 is 13.1. The average Bonchev–Trinajstić information content (AvgIpc) is 3.32. The highest BCUT2D eigenvalue weighted by molar-refractivity contribution is 8.29. The highest BCUT2D eigenvalue weighted by atomic mass is 35.5. The standard InChI is InChI=1S/C26H40N4O6S4.2ClH/c1-27(2)15-17-35-19(31)11-7-5-9-13-29-23(33)21(39-25(29)37)22-24(34)30(26(38)40-22)14-10-6-8-12-20(32)36-18-16-28(3)4;;/h5-18H2,1-4H3;2*1H/b22-21+;;. The summed E-state index contributed by atoms with van der Waals surface area (Å²) in [6, 6.07) is 0. The SMILES string of the molecule is CN(C)CCOC(=O)CCCCCN1C(=O)/C(=C2\SC(=S)N(CCCCCC(=O)OCCN(C)C)C2=O)SC1=S.Cl.Cl. The van der Waals surface area contributed by atoms with Crippen molar-refractivity contribution in [2.24, 2.45) is 0 Å². The molecule has 2 aliphatic heterocycles. The number of ether oxygens (including phenoxy) is 2. The van der Waals surface area contributed by atoms with Crippen molar-refractivity contribution in [2.75, 3.05) is 67.6 Å². The van der Waals surface area contributed by atoms with E-state index in [1.54, 1.807) is 0 Å². The van der Waals surface area contributed by atoms with Crippen LogP contribution >= 0.6 is 72.8 Å². The molecule has 0 aromatic carbocycles. The molecule has 2 fully saturated rings. The number of likely N-dealkylation sites (N-methyl/N-ethyl adjacent to an activating group) is 2. The third kappa shape index (κ3) is 14.2. The maximum atomic E-state index is 13.1. The smallest absolute Gasteiger partial charge is 0.305 e. The second-order valence-electron chi connectivity index (χ2n) is 9.98. The van der Waals surface area contributed by atoms with Gasteiger partial charge >= 0.3 is 11.9 Å². The number of rotatable bonds is 18. The van der Waals surface area contributed by atoms with Crippen molar-refractivity contribution < 1.29 is 28.7 Å². The predicted molar refractivity (Wildman–Crippen MR) is 181 cm³/mol. The molecule has 10 nitrogen and oxygen atoms in total. The first kappa shape index (κ1) is 41.0. The van der Waals surface area contributed by atoms with E-state index >= 15 is 0 Å². The second-order valence-corrected chi connectivity index (χ2v) is 13.3. The number of carbonyl (C=O) groups excluding carboxylic acids is 4. The molecule has 0 aromatic heterocycles. The predicted octanol–water partition coefficient (Wildman–Crippen LogP) is 4.09. The number of nitrogens with zero attached hydrogens (tertiary/aromatic N) is 4. The number of amides is 2. The lowest BCUT2D eigenvalue weighted by Crippen LogP contribution is -2.31. The molecule has 2 rings (SSSR count). The minimum atomic E-state index is -0.272. The Hall–Kier alpha value is -1.000. The summed E-state index contributed by atoms with van der Waals surface area (Å²) < 4.78 is 11.2. The van der Waals surface area contributed by atoms with Gasteiger partial charge in [-0.05, 0) is 53.9 Å². The molecule has 0 aliphatic carbocycles. The molecule has 0 saturated carbocycles. The lowest BCUT2D eigenvalue weighted by molar-refractivity contribution is -0.145. The summed E-state index contributed by atoms with van der Waals surface area (Å²) in [5.41, 5.74) is 0. The molecule has 2 amide bonds. The molecular formula is C26H42Cl2N4O6S4. The van der Waals surface area contributed by atoms with Gasteiger partial charge in [0.15, 0.2) is 0 Å². The lowest BCUT2D eigenvalue weighted by atomic mass is 10.2. The van der Waals surface area contributed by atoms with E-state index in [4.69, 9.17) is 33.9 Å². The van der Waals surface area contributed by atoms with E-state index in [1.807, 2.05) is 38.0 Å². The number of thiocarbonyl (C=S) groups is 2. The summed E-state index contributed by atoms with van der Waals surface area (Å²) in [5, 5.41) is 0. The van der Waals surface area contributed by atoms with Gasteiger partial charge in [0.05, 0.1) is 9.81 Å². The van der Waals surface area contributed by atoms with Crippen molar-refractivity contribution in [2.45, 2.75) is 51.4 Å². The Morgan fingerprint density at radius 3 is 1.36 bits per heavy atom. The van der Waals surface area contributed by atoms with Crippen LogP contribution < -0.4 is 0 Å². The largest absolute Gasteiger partial charge is 0.464 e. The number of hydrogen-bond acceptors (Lipinski definition) is 12. The molecule has 0 radical (unpaired) electrons. The van der Waals surface area contributed by atoms with Crippen LogP contribution in [-0.2, 0) is 28.7 Å². The van der Waals surface area contributed by atoms with Crippen LogP contribution in [-0.4, -0.2) is 120 Å². The molecule has 0 unspecified atom stereocenters. The van der Waals surface area contributed by atoms with E-state index in [2.05, 4.69) is 0 Å². The summed E-state index contributed by atoms with van der Waals surface area (Å²) in [6.07, 6.45) is 4.92. The van der Waals surface area contributed by atoms with E-state index < -0.39 is 0 Å². The molecule has 240 valence electrons. The van der Waals surface area contributed by atoms with Crippen molar-refractivity contribution in [3.8, 4) is 0 Å². The Kier molecular flexibility index (Phi) is 21.1. The topological polar surface area (TPSA) is 99.7 Å². The highest BCUT2D eigenvalue weighted by Gasteiger charge is 2.41. The van der Waals surface area contributed by atoms with Gasteiger partial charge in [0.1, 0.15) is 21.9 Å². The van der Waals surface area contributed by atoms with Crippen LogP contribution in [0.3, 0.4) is 0 Å². The number of esters is 2. The van der Waals surface area contributed by atoms with Crippen molar-refractivity contribution in [1.29, 1.82) is 0 Å². The summed E-state index contributed by atoms with van der Waals surface area (Å²) in [4.78, 5) is 57.4. The molecule has 0 N–H and O–H groups in total. The van der Waals surface area contributed by atoms with Gasteiger partial charge in [-0.2, -0.15) is 0 Å². The molecule has 2 heterocycles. The summed E-state index contributed by atoms with van der Waals surface area (Å²) in [5.74, 6) is -0.974. The number of thioether (sulfide) groups is 2. The van der Waals surface area contributed by atoms with Gasteiger partial charge < -0.3 is 19.3 Å². The van der Waals surface area contributed by atoms with Crippen LogP contribution in [0.1, 0.15) is 51.4 Å². The van der Waals surface area contributed by atoms with E-state index in [-0.39, 0.29) is 48.6 Å². The van der Waals surface area contributed by atoms with Crippen LogP contribution in [0.4, 0.5) is 0 Å². The molecule has 0 spiro atoms. The van der Waals surface area contributed by atoms with E-state index in [1.165, 1.54) is 9.80 Å². The van der Waals surface area contributed by atoms with Crippen molar-refractivity contribution in [3.63, 3.8) is 0 Å². The Labute approximate surface area is 280 Å². The fourth-order valence-electron chi connectivity index (χ4n) is 3.72. The highest BCUT2D eigenvalue weighted by Crippen LogP contribution is 2.42. The monoisotopic (exact) mass is 704 g/mol. The van der Waals surface area contributed by atoms with Crippen LogP contribution in [0.25, 0.3) is 0 Å². The number of unbranched alkanes of at least 4 members (excludes halogenated alkanes) is 4. The van der Waals surface area contributed by atoms with Gasteiger partial charge in [0.25, 0.3) is 11.8 Å². The number of halogens is 2. The Morgan fingerprint density at radius 2 is 1.02 bits per heavy atom.